The molecule has 0 saturated heterocycles. The van der Waals surface area contributed by atoms with Crippen molar-refractivity contribution in [1.29, 1.82) is 0 Å². The molecule has 1 atom stereocenters. The van der Waals surface area contributed by atoms with Crippen LogP contribution >= 0.6 is 11.6 Å². The van der Waals surface area contributed by atoms with E-state index >= 15 is 0 Å². The van der Waals surface area contributed by atoms with Gasteiger partial charge in [-0.3, -0.25) is 4.79 Å². The smallest absolute Gasteiger partial charge is 0.170 e. The number of halogens is 1. The van der Waals surface area contributed by atoms with E-state index in [2.05, 4.69) is 0 Å². The third kappa shape index (κ3) is 2.56. The quantitative estimate of drug-likeness (QED) is 0.751. The van der Waals surface area contributed by atoms with Gasteiger partial charge < -0.3 is 4.74 Å². The van der Waals surface area contributed by atoms with Gasteiger partial charge in [0.25, 0.3) is 0 Å². The molecule has 2 aromatic carbocycles. The first kappa shape index (κ1) is 14.2. The Labute approximate surface area is 129 Å². The largest absolute Gasteiger partial charge is 0.493 e. The fraction of sp³-hybridized carbons (Fsp3) is 0.278. The molecule has 0 aliphatic carbocycles. The minimum Gasteiger partial charge on any atom is -0.493 e. The monoisotopic (exact) mass is 300 g/mol. The number of Topliss-reactive ketones (excluding diaryl/α,β-unsaturated/α-hetero) is 1. The van der Waals surface area contributed by atoms with Crippen LogP contribution in [0.4, 0.5) is 0 Å². The zero-order chi connectivity index (χ0) is 15.0. The summed E-state index contributed by atoms with van der Waals surface area (Å²) in [5.41, 5.74) is 3.62. The van der Waals surface area contributed by atoms with Crippen molar-refractivity contribution in [1.82, 2.24) is 0 Å². The van der Waals surface area contributed by atoms with Crippen molar-refractivity contribution >= 4 is 17.4 Å². The molecule has 0 saturated carbocycles. The van der Waals surface area contributed by atoms with Crippen LogP contribution in [-0.2, 0) is 0 Å². The lowest BCUT2D eigenvalue weighted by Gasteiger charge is -2.25. The fourth-order valence-corrected chi connectivity index (χ4v) is 3.07. The predicted molar refractivity (Wildman–Crippen MR) is 84.6 cm³/mol. The van der Waals surface area contributed by atoms with E-state index in [0.29, 0.717) is 11.6 Å². The van der Waals surface area contributed by atoms with Gasteiger partial charge in [0, 0.05) is 16.1 Å². The van der Waals surface area contributed by atoms with E-state index < -0.39 is 0 Å². The summed E-state index contributed by atoms with van der Waals surface area (Å²) in [4.78, 5) is 12.9. The topological polar surface area (TPSA) is 26.3 Å². The van der Waals surface area contributed by atoms with Crippen LogP contribution in [0.15, 0.2) is 36.4 Å². The zero-order valence-corrected chi connectivity index (χ0v) is 12.9. The molecule has 0 fully saturated rings. The second-order valence-corrected chi connectivity index (χ2v) is 5.92. The van der Waals surface area contributed by atoms with Crippen molar-refractivity contribution in [2.75, 3.05) is 6.61 Å². The minimum absolute atomic E-state index is 0.130. The predicted octanol–water partition coefficient (Wildman–Crippen LogP) is 4.71. The molecule has 1 unspecified atom stereocenters. The first-order chi connectivity index (χ1) is 10.1. The molecule has 3 heteroatoms. The van der Waals surface area contributed by atoms with E-state index in [9.17, 15) is 4.79 Å². The lowest BCUT2D eigenvalue weighted by atomic mass is 9.84. The Kier molecular flexibility index (Phi) is 3.73. The van der Waals surface area contributed by atoms with Crippen LogP contribution in [-0.4, -0.2) is 12.4 Å². The maximum absolute atomic E-state index is 12.9. The van der Waals surface area contributed by atoms with Crippen molar-refractivity contribution < 1.29 is 9.53 Å². The molecule has 1 aliphatic rings. The Morgan fingerprint density at radius 3 is 2.76 bits per heavy atom. The summed E-state index contributed by atoms with van der Waals surface area (Å²) < 4.78 is 5.64. The third-order valence-electron chi connectivity index (χ3n) is 4.05. The molecule has 108 valence electrons. The number of hydrogen-bond acceptors (Lipinski definition) is 2. The van der Waals surface area contributed by atoms with E-state index in [-0.39, 0.29) is 11.7 Å². The van der Waals surface area contributed by atoms with Crippen molar-refractivity contribution in [3.8, 4) is 5.75 Å². The number of rotatable bonds is 2. The Morgan fingerprint density at radius 1 is 1.19 bits per heavy atom. The second kappa shape index (κ2) is 5.53. The molecule has 1 aliphatic heterocycles. The highest BCUT2D eigenvalue weighted by molar-refractivity contribution is 6.31. The van der Waals surface area contributed by atoms with Crippen molar-refractivity contribution in [2.45, 2.75) is 26.2 Å². The molecule has 21 heavy (non-hydrogen) atoms. The van der Waals surface area contributed by atoms with Crippen molar-refractivity contribution in [2.24, 2.45) is 0 Å². The maximum atomic E-state index is 12.9. The van der Waals surface area contributed by atoms with Crippen LogP contribution in [0.2, 0.25) is 5.02 Å². The summed E-state index contributed by atoms with van der Waals surface area (Å²) in [7, 11) is 0. The first-order valence-corrected chi connectivity index (χ1v) is 7.48. The summed E-state index contributed by atoms with van der Waals surface area (Å²) in [5.74, 6) is 0.850. The van der Waals surface area contributed by atoms with Gasteiger partial charge in [-0.05, 0) is 49.6 Å². The molecular formula is C18H17ClO2. The van der Waals surface area contributed by atoms with Gasteiger partial charge in [0.05, 0.1) is 12.5 Å². The Hall–Kier alpha value is -1.80. The van der Waals surface area contributed by atoms with E-state index in [4.69, 9.17) is 16.3 Å². The summed E-state index contributed by atoms with van der Waals surface area (Å²) >= 11 is 6.13. The average molecular weight is 301 g/mol. The molecule has 0 N–H and O–H groups in total. The van der Waals surface area contributed by atoms with Gasteiger partial charge in [0.15, 0.2) is 5.78 Å². The van der Waals surface area contributed by atoms with E-state index in [0.717, 1.165) is 34.4 Å². The Bertz CT molecular complexity index is 706. The maximum Gasteiger partial charge on any atom is 0.170 e. The Morgan fingerprint density at radius 2 is 1.95 bits per heavy atom. The number of aryl methyl sites for hydroxylation is 2. The highest BCUT2D eigenvalue weighted by Gasteiger charge is 2.29. The van der Waals surface area contributed by atoms with Crippen LogP contribution in [0, 0.1) is 13.8 Å². The molecule has 2 nitrogen and oxygen atoms in total. The van der Waals surface area contributed by atoms with Crippen LogP contribution in [0.1, 0.15) is 39.4 Å². The SMILES string of the molecule is Cc1cc(C(=O)C2CCOc3ccccc32)c(C)cc1Cl. The van der Waals surface area contributed by atoms with Crippen LogP contribution in [0.5, 0.6) is 5.75 Å². The number of benzene rings is 2. The summed E-state index contributed by atoms with van der Waals surface area (Å²) in [5, 5.41) is 0.705. The van der Waals surface area contributed by atoms with Gasteiger partial charge in [0.2, 0.25) is 0 Å². The zero-order valence-electron chi connectivity index (χ0n) is 12.2. The molecule has 2 aromatic rings. The molecule has 0 spiro atoms. The molecule has 3 rings (SSSR count). The average Bonchev–Trinajstić information content (AvgIpc) is 2.49. The standard InChI is InChI=1S/C18H17ClO2/c1-11-10-16(19)12(2)9-15(11)18(20)14-7-8-21-17-6-4-3-5-13(14)17/h3-6,9-10,14H,7-8H2,1-2H3. The lowest BCUT2D eigenvalue weighted by Crippen LogP contribution is -2.22. The van der Waals surface area contributed by atoms with Crippen molar-refractivity contribution in [3.63, 3.8) is 0 Å². The lowest BCUT2D eigenvalue weighted by molar-refractivity contribution is 0.0932. The van der Waals surface area contributed by atoms with Gasteiger partial charge in [-0.2, -0.15) is 0 Å². The minimum atomic E-state index is -0.130. The van der Waals surface area contributed by atoms with Crippen LogP contribution in [0.25, 0.3) is 0 Å². The normalized spacial score (nSPS) is 17.0. The van der Waals surface area contributed by atoms with Crippen LogP contribution < -0.4 is 4.74 Å². The number of carbonyl (C=O) groups excluding carboxylic acids is 1. The second-order valence-electron chi connectivity index (χ2n) is 5.51. The molecular weight excluding hydrogens is 284 g/mol. The third-order valence-corrected chi connectivity index (χ3v) is 4.45. The van der Waals surface area contributed by atoms with E-state index in [1.165, 1.54) is 0 Å². The fourth-order valence-electron chi connectivity index (χ4n) is 2.85. The summed E-state index contributed by atoms with van der Waals surface area (Å²) in [6.45, 7) is 4.44. The van der Waals surface area contributed by atoms with Crippen molar-refractivity contribution in [3.05, 3.63) is 63.7 Å². The van der Waals surface area contributed by atoms with E-state index in [1.807, 2.05) is 50.2 Å². The number of para-hydroxylation sites is 1. The summed E-state index contributed by atoms with van der Waals surface area (Å²) in [6.07, 6.45) is 0.719. The number of hydrogen-bond donors (Lipinski definition) is 0. The van der Waals surface area contributed by atoms with Crippen LogP contribution in [0.3, 0.4) is 0 Å². The summed E-state index contributed by atoms with van der Waals surface area (Å²) in [6, 6.07) is 11.6. The highest BCUT2D eigenvalue weighted by Crippen LogP contribution is 2.36. The number of ketones is 1. The number of fused-ring (bicyclic) bond motifs is 1. The molecule has 0 radical (unpaired) electrons. The Balaban J connectivity index is 2.03. The highest BCUT2D eigenvalue weighted by atomic mass is 35.5. The molecule has 0 bridgehead atoms. The molecule has 1 heterocycles. The van der Waals surface area contributed by atoms with Gasteiger partial charge >= 0.3 is 0 Å². The molecule has 0 aromatic heterocycles. The van der Waals surface area contributed by atoms with Gasteiger partial charge in [-0.15, -0.1) is 0 Å². The van der Waals surface area contributed by atoms with Gasteiger partial charge in [0.1, 0.15) is 5.75 Å². The first-order valence-electron chi connectivity index (χ1n) is 7.10. The number of carbonyl (C=O) groups is 1. The number of ether oxygens (including phenoxy) is 1. The molecule has 0 amide bonds. The van der Waals surface area contributed by atoms with E-state index in [1.54, 1.807) is 0 Å². The van der Waals surface area contributed by atoms with Gasteiger partial charge in [-0.1, -0.05) is 29.8 Å². The van der Waals surface area contributed by atoms with Gasteiger partial charge in [-0.25, -0.2) is 0 Å².